The molecular formula is C24H21ClN4O2S. The van der Waals surface area contributed by atoms with Crippen molar-refractivity contribution in [2.24, 2.45) is 0 Å². The lowest BCUT2D eigenvalue weighted by molar-refractivity contribution is -0.118. The van der Waals surface area contributed by atoms with Crippen LogP contribution in [0.4, 0.5) is 0 Å². The average molecular weight is 465 g/mol. The zero-order valence-electron chi connectivity index (χ0n) is 17.4. The standard InChI is InChI=1S/C24H21ClN4O2S/c1-31-21-13-7-17(8-14-21)15-26-22(30)16-32-24-28-27-23(18-5-3-2-4-6-18)29(24)20-11-9-19(25)10-12-20/h2-14H,15-16H2,1H3,(H,26,30). The largest absolute Gasteiger partial charge is 0.497 e. The van der Waals surface area contributed by atoms with E-state index in [-0.39, 0.29) is 11.7 Å². The van der Waals surface area contributed by atoms with Crippen LogP contribution in [0.2, 0.25) is 5.02 Å². The first-order chi connectivity index (χ1) is 15.6. The van der Waals surface area contributed by atoms with Crippen LogP contribution in [0.5, 0.6) is 5.75 Å². The molecule has 1 aromatic heterocycles. The fraction of sp³-hybridized carbons (Fsp3) is 0.125. The molecule has 0 fully saturated rings. The van der Waals surface area contributed by atoms with E-state index in [4.69, 9.17) is 16.3 Å². The summed E-state index contributed by atoms with van der Waals surface area (Å²) in [5.74, 6) is 1.62. The Morgan fingerprint density at radius 3 is 2.41 bits per heavy atom. The summed E-state index contributed by atoms with van der Waals surface area (Å²) in [5, 5.41) is 13.0. The van der Waals surface area contributed by atoms with E-state index in [9.17, 15) is 4.79 Å². The van der Waals surface area contributed by atoms with Crippen LogP contribution in [0.3, 0.4) is 0 Å². The summed E-state index contributed by atoms with van der Waals surface area (Å²) in [7, 11) is 1.62. The van der Waals surface area contributed by atoms with Crippen molar-refractivity contribution in [1.29, 1.82) is 0 Å². The second kappa shape index (κ2) is 10.3. The van der Waals surface area contributed by atoms with Gasteiger partial charge in [0.05, 0.1) is 12.9 Å². The molecule has 6 nitrogen and oxygen atoms in total. The third-order valence-corrected chi connectivity index (χ3v) is 5.91. The minimum Gasteiger partial charge on any atom is -0.497 e. The first-order valence-corrected chi connectivity index (χ1v) is 11.3. The molecule has 0 unspecified atom stereocenters. The molecular weight excluding hydrogens is 444 g/mol. The lowest BCUT2D eigenvalue weighted by Crippen LogP contribution is -2.24. The molecule has 4 rings (SSSR count). The van der Waals surface area contributed by atoms with Gasteiger partial charge < -0.3 is 10.1 Å². The molecule has 1 heterocycles. The number of methoxy groups -OCH3 is 1. The summed E-state index contributed by atoms with van der Waals surface area (Å²) in [4.78, 5) is 12.5. The van der Waals surface area contributed by atoms with Gasteiger partial charge in [-0.1, -0.05) is 65.8 Å². The van der Waals surface area contributed by atoms with Crippen molar-refractivity contribution in [1.82, 2.24) is 20.1 Å². The molecule has 0 aliphatic heterocycles. The number of benzene rings is 3. The van der Waals surface area contributed by atoms with Crippen LogP contribution in [0.15, 0.2) is 84.0 Å². The summed E-state index contributed by atoms with van der Waals surface area (Å²) in [6.45, 7) is 0.447. The number of hydrogen-bond donors (Lipinski definition) is 1. The molecule has 1 N–H and O–H groups in total. The van der Waals surface area contributed by atoms with Crippen molar-refractivity contribution in [2.45, 2.75) is 11.7 Å². The van der Waals surface area contributed by atoms with E-state index in [0.717, 1.165) is 22.6 Å². The van der Waals surface area contributed by atoms with Gasteiger partial charge >= 0.3 is 0 Å². The number of amides is 1. The van der Waals surface area contributed by atoms with E-state index < -0.39 is 0 Å². The van der Waals surface area contributed by atoms with Crippen molar-refractivity contribution in [3.63, 3.8) is 0 Å². The van der Waals surface area contributed by atoms with Gasteiger partial charge in [0.1, 0.15) is 5.75 Å². The molecule has 1 amide bonds. The van der Waals surface area contributed by atoms with Gasteiger partial charge in [-0.2, -0.15) is 0 Å². The number of nitrogens with zero attached hydrogens (tertiary/aromatic N) is 3. The Bertz CT molecular complexity index is 1180. The predicted molar refractivity (Wildman–Crippen MR) is 127 cm³/mol. The number of rotatable bonds is 8. The molecule has 3 aromatic carbocycles. The second-order valence-corrected chi connectivity index (χ2v) is 8.28. The average Bonchev–Trinajstić information content (AvgIpc) is 3.27. The van der Waals surface area contributed by atoms with E-state index in [2.05, 4.69) is 15.5 Å². The summed E-state index contributed by atoms with van der Waals surface area (Å²) >= 11 is 7.40. The highest BCUT2D eigenvalue weighted by atomic mass is 35.5. The van der Waals surface area contributed by atoms with E-state index in [1.165, 1.54) is 11.8 Å². The highest BCUT2D eigenvalue weighted by Crippen LogP contribution is 2.28. The fourth-order valence-electron chi connectivity index (χ4n) is 3.09. The van der Waals surface area contributed by atoms with Gasteiger partial charge in [0.2, 0.25) is 5.91 Å². The van der Waals surface area contributed by atoms with Gasteiger partial charge in [0.25, 0.3) is 0 Å². The van der Waals surface area contributed by atoms with Crippen LogP contribution >= 0.6 is 23.4 Å². The Kier molecular flexibility index (Phi) is 7.09. The van der Waals surface area contributed by atoms with Crippen LogP contribution in [-0.4, -0.2) is 33.5 Å². The molecule has 0 spiro atoms. The first kappa shape index (κ1) is 21.9. The third kappa shape index (κ3) is 5.30. The van der Waals surface area contributed by atoms with Crippen LogP contribution < -0.4 is 10.1 Å². The smallest absolute Gasteiger partial charge is 0.230 e. The molecule has 0 saturated carbocycles. The molecule has 0 aliphatic carbocycles. The first-order valence-electron chi connectivity index (χ1n) is 9.93. The molecule has 32 heavy (non-hydrogen) atoms. The van der Waals surface area contributed by atoms with Gasteiger partial charge in [0.15, 0.2) is 11.0 Å². The summed E-state index contributed by atoms with van der Waals surface area (Å²) in [5.41, 5.74) is 2.81. The summed E-state index contributed by atoms with van der Waals surface area (Å²) < 4.78 is 7.09. The SMILES string of the molecule is COc1ccc(CNC(=O)CSc2nnc(-c3ccccc3)n2-c2ccc(Cl)cc2)cc1. The van der Waals surface area contributed by atoms with E-state index in [0.29, 0.717) is 22.5 Å². The van der Waals surface area contributed by atoms with Gasteiger partial charge in [-0.3, -0.25) is 9.36 Å². The summed E-state index contributed by atoms with van der Waals surface area (Å²) in [6, 6.07) is 24.9. The Morgan fingerprint density at radius 2 is 1.72 bits per heavy atom. The number of thioether (sulfide) groups is 1. The highest BCUT2D eigenvalue weighted by molar-refractivity contribution is 7.99. The Labute approximate surface area is 195 Å². The van der Waals surface area contributed by atoms with Crippen LogP contribution in [0, 0.1) is 0 Å². The quantitative estimate of drug-likeness (QED) is 0.371. The second-order valence-electron chi connectivity index (χ2n) is 6.90. The number of halogens is 1. The fourth-order valence-corrected chi connectivity index (χ4v) is 3.99. The minimum atomic E-state index is -0.0854. The number of ether oxygens (including phenoxy) is 1. The molecule has 0 aliphatic rings. The van der Waals surface area contributed by atoms with E-state index >= 15 is 0 Å². The highest BCUT2D eigenvalue weighted by Gasteiger charge is 2.17. The number of aromatic nitrogens is 3. The number of nitrogens with one attached hydrogen (secondary N) is 1. The van der Waals surface area contributed by atoms with E-state index in [1.807, 2.05) is 83.4 Å². The molecule has 162 valence electrons. The summed E-state index contributed by atoms with van der Waals surface area (Å²) in [6.07, 6.45) is 0. The van der Waals surface area contributed by atoms with Crippen LogP contribution in [-0.2, 0) is 11.3 Å². The Morgan fingerprint density at radius 1 is 1.00 bits per heavy atom. The number of hydrogen-bond acceptors (Lipinski definition) is 5. The minimum absolute atomic E-state index is 0.0854. The Balaban J connectivity index is 1.48. The lowest BCUT2D eigenvalue weighted by atomic mass is 10.2. The van der Waals surface area contributed by atoms with Crippen molar-refractivity contribution in [3.05, 3.63) is 89.4 Å². The van der Waals surface area contributed by atoms with Crippen molar-refractivity contribution >= 4 is 29.3 Å². The maximum absolute atomic E-state index is 12.5. The van der Waals surface area contributed by atoms with Crippen molar-refractivity contribution in [3.8, 4) is 22.8 Å². The normalized spacial score (nSPS) is 10.7. The number of carbonyl (C=O) groups is 1. The van der Waals surface area contributed by atoms with Crippen LogP contribution in [0.1, 0.15) is 5.56 Å². The molecule has 0 radical (unpaired) electrons. The topological polar surface area (TPSA) is 69.0 Å². The molecule has 0 atom stereocenters. The molecule has 8 heteroatoms. The van der Waals surface area contributed by atoms with Gasteiger partial charge in [-0.05, 0) is 42.0 Å². The molecule has 0 bridgehead atoms. The Hall–Kier alpha value is -3.29. The van der Waals surface area contributed by atoms with Crippen LogP contribution in [0.25, 0.3) is 17.1 Å². The molecule has 0 saturated heterocycles. The van der Waals surface area contributed by atoms with Gasteiger partial charge in [-0.25, -0.2) is 0 Å². The lowest BCUT2D eigenvalue weighted by Gasteiger charge is -2.11. The third-order valence-electron chi connectivity index (χ3n) is 4.73. The maximum atomic E-state index is 12.5. The zero-order chi connectivity index (χ0) is 22.3. The molecule has 4 aromatic rings. The van der Waals surface area contributed by atoms with Crippen molar-refractivity contribution in [2.75, 3.05) is 12.9 Å². The number of carbonyl (C=O) groups excluding carboxylic acids is 1. The monoisotopic (exact) mass is 464 g/mol. The maximum Gasteiger partial charge on any atom is 0.230 e. The van der Waals surface area contributed by atoms with E-state index in [1.54, 1.807) is 7.11 Å². The van der Waals surface area contributed by atoms with Gasteiger partial charge in [-0.15, -0.1) is 10.2 Å². The van der Waals surface area contributed by atoms with Crippen molar-refractivity contribution < 1.29 is 9.53 Å². The van der Waals surface area contributed by atoms with Gasteiger partial charge in [0, 0.05) is 22.8 Å². The zero-order valence-corrected chi connectivity index (χ0v) is 18.9. The predicted octanol–water partition coefficient (Wildman–Crippen LogP) is 5.00.